The first kappa shape index (κ1) is 18.7. The SMILES string of the molecule is C=CCC[C@@H](O)CN(CCC(C)C)Cc1cccc(OC)c1. The molecule has 1 aromatic rings. The van der Waals surface area contributed by atoms with E-state index in [-0.39, 0.29) is 6.10 Å². The third kappa shape index (κ3) is 7.62. The maximum Gasteiger partial charge on any atom is 0.119 e. The molecule has 3 nitrogen and oxygen atoms in total. The van der Waals surface area contributed by atoms with Gasteiger partial charge in [-0.05, 0) is 49.4 Å². The number of aliphatic hydroxyl groups excluding tert-OH is 1. The summed E-state index contributed by atoms with van der Waals surface area (Å²) in [5.41, 5.74) is 1.22. The van der Waals surface area contributed by atoms with Crippen molar-refractivity contribution in [1.82, 2.24) is 4.90 Å². The van der Waals surface area contributed by atoms with Crippen molar-refractivity contribution in [2.24, 2.45) is 5.92 Å². The van der Waals surface area contributed by atoms with Crippen molar-refractivity contribution >= 4 is 0 Å². The topological polar surface area (TPSA) is 32.7 Å². The minimum absolute atomic E-state index is 0.296. The van der Waals surface area contributed by atoms with Crippen LogP contribution in [0.5, 0.6) is 5.75 Å². The van der Waals surface area contributed by atoms with Gasteiger partial charge >= 0.3 is 0 Å². The Morgan fingerprint density at radius 2 is 2.09 bits per heavy atom. The fourth-order valence-corrected chi connectivity index (χ4v) is 2.40. The standard InChI is InChI=1S/C19H31NO2/c1-5-6-9-18(21)15-20(12-11-16(2)3)14-17-8-7-10-19(13-17)22-4/h5,7-8,10,13,16,18,21H,1,6,9,11-12,14-15H2,2-4H3/t18-/m1/s1. The molecule has 0 amide bonds. The van der Waals surface area contributed by atoms with Gasteiger partial charge in [-0.25, -0.2) is 0 Å². The lowest BCUT2D eigenvalue weighted by Gasteiger charge is -2.26. The van der Waals surface area contributed by atoms with Crippen molar-refractivity contribution < 1.29 is 9.84 Å². The number of rotatable bonds is 11. The highest BCUT2D eigenvalue weighted by atomic mass is 16.5. The molecule has 0 aliphatic carbocycles. The first-order valence-corrected chi connectivity index (χ1v) is 8.19. The van der Waals surface area contributed by atoms with E-state index in [4.69, 9.17) is 4.74 Å². The Balaban J connectivity index is 2.64. The highest BCUT2D eigenvalue weighted by Gasteiger charge is 2.13. The van der Waals surface area contributed by atoms with Gasteiger partial charge in [-0.3, -0.25) is 4.90 Å². The van der Waals surface area contributed by atoms with E-state index in [0.29, 0.717) is 12.5 Å². The molecule has 0 saturated heterocycles. The number of aliphatic hydroxyl groups is 1. The third-order valence-corrected chi connectivity index (χ3v) is 3.74. The molecule has 0 aliphatic heterocycles. The van der Waals surface area contributed by atoms with E-state index in [1.165, 1.54) is 5.56 Å². The van der Waals surface area contributed by atoms with Crippen LogP contribution >= 0.6 is 0 Å². The fourth-order valence-electron chi connectivity index (χ4n) is 2.40. The van der Waals surface area contributed by atoms with E-state index in [1.54, 1.807) is 7.11 Å². The zero-order chi connectivity index (χ0) is 16.4. The van der Waals surface area contributed by atoms with Crippen LogP contribution in [0.2, 0.25) is 0 Å². The maximum atomic E-state index is 10.2. The second-order valence-electron chi connectivity index (χ2n) is 6.29. The van der Waals surface area contributed by atoms with Crippen LogP contribution in [-0.2, 0) is 6.54 Å². The summed E-state index contributed by atoms with van der Waals surface area (Å²) < 4.78 is 5.29. The smallest absolute Gasteiger partial charge is 0.119 e. The summed E-state index contributed by atoms with van der Waals surface area (Å²) in [6, 6.07) is 8.16. The molecule has 0 fully saturated rings. The van der Waals surface area contributed by atoms with Crippen molar-refractivity contribution in [3.05, 3.63) is 42.5 Å². The van der Waals surface area contributed by atoms with Crippen molar-refractivity contribution in [3.63, 3.8) is 0 Å². The van der Waals surface area contributed by atoms with Gasteiger partial charge in [0.2, 0.25) is 0 Å². The quantitative estimate of drug-likeness (QED) is 0.630. The van der Waals surface area contributed by atoms with Crippen LogP contribution in [0.15, 0.2) is 36.9 Å². The first-order chi connectivity index (χ1) is 10.5. The summed E-state index contributed by atoms with van der Waals surface area (Å²) in [5, 5.41) is 10.2. The molecule has 0 unspecified atom stereocenters. The second-order valence-corrected chi connectivity index (χ2v) is 6.29. The maximum absolute atomic E-state index is 10.2. The molecule has 0 spiro atoms. The molecule has 1 rings (SSSR count). The van der Waals surface area contributed by atoms with E-state index in [1.807, 2.05) is 18.2 Å². The number of allylic oxidation sites excluding steroid dienone is 1. The summed E-state index contributed by atoms with van der Waals surface area (Å²) in [6.45, 7) is 10.7. The van der Waals surface area contributed by atoms with Gasteiger partial charge in [-0.15, -0.1) is 6.58 Å². The minimum atomic E-state index is -0.296. The number of methoxy groups -OCH3 is 1. The number of hydrogen-bond acceptors (Lipinski definition) is 3. The van der Waals surface area contributed by atoms with Crippen molar-refractivity contribution in [3.8, 4) is 5.75 Å². The normalized spacial score (nSPS) is 12.6. The molecule has 0 aromatic heterocycles. The molecule has 0 saturated carbocycles. The predicted octanol–water partition coefficient (Wildman–Crippen LogP) is 3.87. The van der Waals surface area contributed by atoms with Crippen LogP contribution < -0.4 is 4.74 Å². The van der Waals surface area contributed by atoms with Gasteiger partial charge in [-0.2, -0.15) is 0 Å². The predicted molar refractivity (Wildman–Crippen MR) is 93.2 cm³/mol. The monoisotopic (exact) mass is 305 g/mol. The highest BCUT2D eigenvalue weighted by molar-refractivity contribution is 5.28. The number of hydrogen-bond donors (Lipinski definition) is 1. The summed E-state index contributed by atoms with van der Waals surface area (Å²) in [4.78, 5) is 2.34. The van der Waals surface area contributed by atoms with Crippen molar-refractivity contribution in [2.45, 2.75) is 45.8 Å². The van der Waals surface area contributed by atoms with Crippen LogP contribution in [0.4, 0.5) is 0 Å². The van der Waals surface area contributed by atoms with Crippen LogP contribution in [0.1, 0.15) is 38.7 Å². The van der Waals surface area contributed by atoms with Gasteiger partial charge < -0.3 is 9.84 Å². The molecular formula is C19H31NO2. The Bertz CT molecular complexity index is 431. The molecule has 1 atom stereocenters. The number of ether oxygens (including phenoxy) is 1. The van der Waals surface area contributed by atoms with Crippen LogP contribution in [0.25, 0.3) is 0 Å². The number of benzene rings is 1. The molecule has 124 valence electrons. The molecule has 1 N–H and O–H groups in total. The highest BCUT2D eigenvalue weighted by Crippen LogP contribution is 2.16. The Hall–Kier alpha value is -1.32. The van der Waals surface area contributed by atoms with Gasteiger partial charge in [0.1, 0.15) is 5.75 Å². The molecule has 3 heteroatoms. The van der Waals surface area contributed by atoms with E-state index in [2.05, 4.69) is 37.5 Å². The lowest BCUT2D eigenvalue weighted by Crippen LogP contribution is -2.33. The molecule has 0 heterocycles. The van der Waals surface area contributed by atoms with E-state index in [0.717, 1.165) is 38.1 Å². The molecule has 0 radical (unpaired) electrons. The number of nitrogens with zero attached hydrogens (tertiary/aromatic N) is 1. The summed E-state index contributed by atoms with van der Waals surface area (Å²) in [5.74, 6) is 1.55. The van der Waals surface area contributed by atoms with E-state index >= 15 is 0 Å². The second kappa shape index (κ2) is 10.4. The molecule has 1 aromatic carbocycles. The lowest BCUT2D eigenvalue weighted by molar-refractivity contribution is 0.0994. The largest absolute Gasteiger partial charge is 0.497 e. The summed E-state index contributed by atoms with van der Waals surface area (Å²) in [7, 11) is 1.69. The van der Waals surface area contributed by atoms with Crippen molar-refractivity contribution in [1.29, 1.82) is 0 Å². The summed E-state index contributed by atoms with van der Waals surface area (Å²) in [6.07, 6.45) is 4.34. The fraction of sp³-hybridized carbons (Fsp3) is 0.579. The first-order valence-electron chi connectivity index (χ1n) is 8.19. The Morgan fingerprint density at radius 3 is 2.73 bits per heavy atom. The van der Waals surface area contributed by atoms with Crippen LogP contribution in [0, 0.1) is 5.92 Å². The Kier molecular flexibility index (Phi) is 8.86. The summed E-state index contributed by atoms with van der Waals surface area (Å²) >= 11 is 0. The van der Waals surface area contributed by atoms with Crippen LogP contribution in [-0.4, -0.2) is 36.3 Å². The Labute approximate surface area is 135 Å². The molecule has 0 bridgehead atoms. The third-order valence-electron chi connectivity index (χ3n) is 3.74. The van der Waals surface area contributed by atoms with Gasteiger partial charge in [0.15, 0.2) is 0 Å². The van der Waals surface area contributed by atoms with E-state index < -0.39 is 0 Å². The zero-order valence-corrected chi connectivity index (χ0v) is 14.3. The van der Waals surface area contributed by atoms with Gasteiger partial charge in [0, 0.05) is 13.1 Å². The average Bonchev–Trinajstić information content (AvgIpc) is 2.50. The van der Waals surface area contributed by atoms with E-state index in [9.17, 15) is 5.11 Å². The molecule has 0 aliphatic rings. The zero-order valence-electron chi connectivity index (χ0n) is 14.3. The van der Waals surface area contributed by atoms with Crippen LogP contribution in [0.3, 0.4) is 0 Å². The van der Waals surface area contributed by atoms with Gasteiger partial charge in [0.25, 0.3) is 0 Å². The minimum Gasteiger partial charge on any atom is -0.497 e. The Morgan fingerprint density at radius 1 is 1.32 bits per heavy atom. The average molecular weight is 305 g/mol. The lowest BCUT2D eigenvalue weighted by atomic mass is 10.1. The van der Waals surface area contributed by atoms with Gasteiger partial charge in [-0.1, -0.05) is 32.1 Å². The van der Waals surface area contributed by atoms with Gasteiger partial charge in [0.05, 0.1) is 13.2 Å². The molecule has 22 heavy (non-hydrogen) atoms. The van der Waals surface area contributed by atoms with Crippen molar-refractivity contribution in [2.75, 3.05) is 20.2 Å². The molecular weight excluding hydrogens is 274 g/mol.